The van der Waals surface area contributed by atoms with Crippen LogP contribution >= 0.6 is 11.3 Å². The molecule has 2 heterocycles. The van der Waals surface area contributed by atoms with Gasteiger partial charge in [-0.3, -0.25) is 9.69 Å². The molecule has 1 unspecified atom stereocenters. The highest BCUT2D eigenvalue weighted by atomic mass is 32.1. The highest BCUT2D eigenvalue weighted by Crippen LogP contribution is 2.42. The lowest BCUT2D eigenvalue weighted by molar-refractivity contribution is 0.102. The van der Waals surface area contributed by atoms with E-state index in [-0.39, 0.29) is 11.9 Å². The predicted octanol–water partition coefficient (Wildman–Crippen LogP) is 4.92. The number of benzene rings is 2. The van der Waals surface area contributed by atoms with Gasteiger partial charge in [-0.2, -0.15) is 0 Å². The number of rotatable bonds is 8. The summed E-state index contributed by atoms with van der Waals surface area (Å²) in [6.45, 7) is 6.04. The molecule has 4 rings (SSSR count). The van der Waals surface area contributed by atoms with Crippen LogP contribution in [0.3, 0.4) is 0 Å². The Morgan fingerprint density at radius 1 is 1.00 bits per heavy atom. The summed E-state index contributed by atoms with van der Waals surface area (Å²) < 4.78 is 11.1. The topological polar surface area (TPSA) is 54.0 Å². The molecule has 1 fully saturated rings. The number of aryl methyl sites for hydroxylation is 1. The second kappa shape index (κ2) is 11.0. The van der Waals surface area contributed by atoms with Crippen molar-refractivity contribution in [1.82, 2.24) is 9.80 Å². The van der Waals surface area contributed by atoms with E-state index in [2.05, 4.69) is 47.3 Å². The summed E-state index contributed by atoms with van der Waals surface area (Å²) in [6, 6.07) is 17.8. The first-order valence-electron chi connectivity index (χ1n) is 11.7. The molecule has 1 N–H and O–H groups in total. The van der Waals surface area contributed by atoms with Crippen LogP contribution in [0.15, 0.2) is 54.6 Å². The summed E-state index contributed by atoms with van der Waals surface area (Å²) in [5.74, 6) is 1.33. The predicted molar refractivity (Wildman–Crippen MR) is 139 cm³/mol. The van der Waals surface area contributed by atoms with Gasteiger partial charge >= 0.3 is 0 Å². The van der Waals surface area contributed by atoms with Crippen LogP contribution in [0.2, 0.25) is 0 Å². The first kappa shape index (κ1) is 24.3. The van der Waals surface area contributed by atoms with E-state index in [1.807, 2.05) is 36.4 Å². The molecule has 1 aliphatic rings. The molecule has 0 spiro atoms. The van der Waals surface area contributed by atoms with Gasteiger partial charge in [0.2, 0.25) is 0 Å². The fourth-order valence-corrected chi connectivity index (χ4v) is 5.41. The molecule has 1 atom stereocenters. The molecule has 7 heteroatoms. The summed E-state index contributed by atoms with van der Waals surface area (Å²) >= 11 is 1.66. The lowest BCUT2D eigenvalue weighted by atomic mass is 9.96. The molecule has 0 radical (unpaired) electrons. The van der Waals surface area contributed by atoms with E-state index in [1.54, 1.807) is 25.6 Å². The van der Waals surface area contributed by atoms with Gasteiger partial charge in [0, 0.05) is 42.2 Å². The average Bonchev–Trinajstić information content (AvgIpc) is 3.28. The van der Waals surface area contributed by atoms with Crippen molar-refractivity contribution < 1.29 is 14.3 Å². The van der Waals surface area contributed by atoms with Gasteiger partial charge in [-0.05, 0) is 49.4 Å². The second-order valence-electron chi connectivity index (χ2n) is 8.53. The van der Waals surface area contributed by atoms with Crippen LogP contribution in [-0.4, -0.2) is 63.2 Å². The van der Waals surface area contributed by atoms with Crippen molar-refractivity contribution in [3.8, 4) is 11.5 Å². The number of piperazine rings is 1. The van der Waals surface area contributed by atoms with Crippen LogP contribution in [0, 0.1) is 0 Å². The van der Waals surface area contributed by atoms with E-state index < -0.39 is 0 Å². The van der Waals surface area contributed by atoms with Crippen molar-refractivity contribution in [2.24, 2.45) is 0 Å². The van der Waals surface area contributed by atoms with E-state index in [9.17, 15) is 4.79 Å². The Balaban J connectivity index is 1.77. The molecule has 6 nitrogen and oxygen atoms in total. The Labute approximate surface area is 206 Å². The van der Waals surface area contributed by atoms with Gasteiger partial charge in [-0.1, -0.05) is 31.2 Å². The van der Waals surface area contributed by atoms with Crippen molar-refractivity contribution in [3.63, 3.8) is 0 Å². The van der Waals surface area contributed by atoms with Crippen molar-refractivity contribution in [2.75, 3.05) is 52.8 Å². The van der Waals surface area contributed by atoms with E-state index in [4.69, 9.17) is 9.47 Å². The zero-order valence-electron chi connectivity index (χ0n) is 20.3. The number of hydrogen-bond acceptors (Lipinski definition) is 6. The SMILES string of the molecule is CCc1cc(C(c2ccc(OC)c(OC)c2)N2CCN(C)CC2)c(NC(=O)c2ccccc2)s1. The molecule has 2 aromatic carbocycles. The number of methoxy groups -OCH3 is 2. The van der Waals surface area contributed by atoms with E-state index in [0.717, 1.165) is 48.7 Å². The minimum atomic E-state index is -0.0872. The van der Waals surface area contributed by atoms with Crippen LogP contribution < -0.4 is 14.8 Å². The number of likely N-dealkylation sites (N-methyl/N-ethyl adjacent to an activating group) is 1. The molecule has 0 bridgehead atoms. The molecule has 180 valence electrons. The molecule has 1 aliphatic heterocycles. The summed E-state index contributed by atoms with van der Waals surface area (Å²) in [5, 5.41) is 4.12. The largest absolute Gasteiger partial charge is 0.493 e. The Kier molecular flexibility index (Phi) is 7.88. The van der Waals surface area contributed by atoms with Gasteiger partial charge < -0.3 is 19.7 Å². The number of nitrogens with zero attached hydrogens (tertiary/aromatic N) is 2. The smallest absolute Gasteiger partial charge is 0.256 e. The minimum Gasteiger partial charge on any atom is -0.493 e. The van der Waals surface area contributed by atoms with Crippen molar-refractivity contribution in [2.45, 2.75) is 19.4 Å². The monoisotopic (exact) mass is 479 g/mol. The van der Waals surface area contributed by atoms with Crippen LogP contribution in [0.4, 0.5) is 5.00 Å². The molecule has 0 saturated carbocycles. The lowest BCUT2D eigenvalue weighted by Gasteiger charge is -2.38. The zero-order valence-corrected chi connectivity index (χ0v) is 21.2. The highest BCUT2D eigenvalue weighted by molar-refractivity contribution is 7.16. The van der Waals surface area contributed by atoms with Gasteiger partial charge in [0.15, 0.2) is 11.5 Å². The van der Waals surface area contributed by atoms with Crippen molar-refractivity contribution in [3.05, 3.63) is 76.2 Å². The number of nitrogens with one attached hydrogen (secondary N) is 1. The number of carbonyl (C=O) groups excluding carboxylic acids is 1. The quantitative estimate of drug-likeness (QED) is 0.497. The Bertz CT molecular complexity index is 1110. The van der Waals surface area contributed by atoms with Crippen LogP contribution in [0.25, 0.3) is 0 Å². The number of hydrogen-bond donors (Lipinski definition) is 1. The molecule has 1 amide bonds. The molecular formula is C27H33N3O3S. The fraction of sp³-hybridized carbons (Fsp3) is 0.370. The summed E-state index contributed by atoms with van der Waals surface area (Å²) in [7, 11) is 5.48. The maximum absolute atomic E-state index is 13.1. The van der Waals surface area contributed by atoms with Crippen molar-refractivity contribution in [1.29, 1.82) is 0 Å². The fourth-order valence-electron chi connectivity index (χ4n) is 4.39. The first-order valence-corrected chi connectivity index (χ1v) is 12.5. The molecular weight excluding hydrogens is 446 g/mol. The van der Waals surface area contributed by atoms with Gasteiger partial charge in [0.25, 0.3) is 5.91 Å². The van der Waals surface area contributed by atoms with E-state index in [0.29, 0.717) is 17.1 Å². The molecule has 34 heavy (non-hydrogen) atoms. The van der Waals surface area contributed by atoms with E-state index in [1.165, 1.54) is 4.88 Å². The summed E-state index contributed by atoms with van der Waals surface area (Å²) in [6.07, 6.45) is 0.917. The van der Waals surface area contributed by atoms with Crippen LogP contribution in [0.1, 0.15) is 39.3 Å². The third kappa shape index (κ3) is 5.27. The first-order chi connectivity index (χ1) is 16.5. The number of anilines is 1. The minimum absolute atomic E-state index is 0.00358. The van der Waals surface area contributed by atoms with Crippen LogP contribution in [0.5, 0.6) is 11.5 Å². The molecule has 0 aliphatic carbocycles. The zero-order chi connectivity index (χ0) is 24.1. The Hall–Kier alpha value is -2.87. The molecule has 1 saturated heterocycles. The number of carbonyl (C=O) groups is 1. The number of ether oxygens (including phenoxy) is 2. The second-order valence-corrected chi connectivity index (χ2v) is 9.66. The number of thiophene rings is 1. The Morgan fingerprint density at radius 3 is 2.35 bits per heavy atom. The highest BCUT2D eigenvalue weighted by Gasteiger charge is 2.30. The summed E-state index contributed by atoms with van der Waals surface area (Å²) in [5.41, 5.74) is 2.91. The lowest BCUT2D eigenvalue weighted by Crippen LogP contribution is -2.46. The maximum Gasteiger partial charge on any atom is 0.256 e. The Morgan fingerprint density at radius 2 is 1.71 bits per heavy atom. The number of amides is 1. The third-order valence-corrected chi connectivity index (χ3v) is 7.55. The molecule has 1 aromatic heterocycles. The van der Waals surface area contributed by atoms with Gasteiger partial charge in [-0.25, -0.2) is 0 Å². The average molecular weight is 480 g/mol. The summed E-state index contributed by atoms with van der Waals surface area (Å²) in [4.78, 5) is 19.2. The van der Waals surface area contributed by atoms with Gasteiger partial charge in [0.1, 0.15) is 5.00 Å². The van der Waals surface area contributed by atoms with E-state index >= 15 is 0 Å². The normalized spacial score (nSPS) is 15.6. The molecule has 3 aromatic rings. The van der Waals surface area contributed by atoms with Gasteiger partial charge in [-0.15, -0.1) is 11.3 Å². The standard InChI is InChI=1S/C27H33N3O3S/c1-5-21-18-22(27(34-21)28-26(31)19-9-7-6-8-10-19)25(30-15-13-29(2)14-16-30)20-11-12-23(32-3)24(17-20)33-4/h6-12,17-18,25H,5,13-16H2,1-4H3,(H,28,31). The van der Waals surface area contributed by atoms with Crippen LogP contribution in [-0.2, 0) is 6.42 Å². The maximum atomic E-state index is 13.1. The third-order valence-electron chi connectivity index (χ3n) is 6.34. The van der Waals surface area contributed by atoms with Crippen molar-refractivity contribution >= 4 is 22.2 Å². The van der Waals surface area contributed by atoms with Gasteiger partial charge in [0.05, 0.1) is 20.3 Å².